The van der Waals surface area contributed by atoms with Crippen molar-refractivity contribution in [2.24, 2.45) is 5.41 Å². The second kappa shape index (κ2) is 10.7. The number of anilines is 1. The van der Waals surface area contributed by atoms with Crippen LogP contribution in [0, 0.1) is 36.3 Å². The Balaban J connectivity index is 1.15. The molecular weight excluding hydrogens is 600 g/mol. The van der Waals surface area contributed by atoms with Crippen molar-refractivity contribution in [3.63, 3.8) is 0 Å². The first-order valence-electron chi connectivity index (χ1n) is 16.7. The fraction of sp³-hybridized carbons (Fsp3) is 0.459. The second-order valence-corrected chi connectivity index (χ2v) is 14.4. The summed E-state index contributed by atoms with van der Waals surface area (Å²) in [7, 11) is 0. The standard InChI is InChI=1S/C37H37F2N5O3/c1-3-27-20(2)4-5-21-10-25(45)12-28(31(21)27)32-30(38)13-29-34(33(32)39)41-36(42-35(29)43-14-22-6-7-23(15-43)40-22)47-19-37(8-9-37)18-44-16-26-11-24(44)17-46-26/h1,4-5,10,12-13,22-24,26,40,45H,6-9,11,14-19H2,2H3/t22?,23?,24-,26-/m0/s1. The molecule has 4 aromatic rings. The van der Waals surface area contributed by atoms with E-state index in [1.807, 2.05) is 13.0 Å². The van der Waals surface area contributed by atoms with E-state index in [0.717, 1.165) is 57.4 Å². The number of morpholine rings is 1. The van der Waals surface area contributed by atoms with Crippen LogP contribution in [0.5, 0.6) is 11.8 Å². The van der Waals surface area contributed by atoms with E-state index in [0.29, 0.717) is 59.4 Å². The molecule has 4 bridgehead atoms. The number of nitrogens with one attached hydrogen (secondary N) is 1. The van der Waals surface area contributed by atoms with Gasteiger partial charge in [-0.3, -0.25) is 4.90 Å². The third kappa shape index (κ3) is 4.90. The number of hydrogen-bond donors (Lipinski definition) is 2. The molecule has 0 spiro atoms. The average molecular weight is 638 g/mol. The molecule has 10 heteroatoms. The molecule has 2 N–H and O–H groups in total. The van der Waals surface area contributed by atoms with Crippen LogP contribution in [0.3, 0.4) is 0 Å². The van der Waals surface area contributed by atoms with Gasteiger partial charge in [-0.25, -0.2) is 8.78 Å². The van der Waals surface area contributed by atoms with Gasteiger partial charge in [0.05, 0.1) is 24.9 Å². The summed E-state index contributed by atoms with van der Waals surface area (Å²) in [5.74, 6) is 1.45. The van der Waals surface area contributed by atoms with E-state index in [2.05, 4.69) is 26.0 Å². The van der Waals surface area contributed by atoms with Crippen molar-refractivity contribution >= 4 is 27.5 Å². The van der Waals surface area contributed by atoms with Gasteiger partial charge in [0.1, 0.15) is 22.9 Å². The van der Waals surface area contributed by atoms with Crippen molar-refractivity contribution in [1.29, 1.82) is 0 Å². The smallest absolute Gasteiger partial charge is 0.319 e. The molecular formula is C37H37F2N5O3. The van der Waals surface area contributed by atoms with E-state index in [1.54, 1.807) is 12.1 Å². The first-order valence-corrected chi connectivity index (χ1v) is 16.7. The molecule has 5 heterocycles. The number of likely N-dealkylation sites (tertiary alicyclic amines) is 1. The molecule has 1 saturated carbocycles. The molecule has 5 aliphatic rings. The lowest BCUT2D eigenvalue weighted by molar-refractivity contribution is 0.0176. The van der Waals surface area contributed by atoms with Crippen LogP contribution in [0.2, 0.25) is 0 Å². The zero-order valence-electron chi connectivity index (χ0n) is 26.4. The van der Waals surface area contributed by atoms with E-state index in [1.165, 1.54) is 12.1 Å². The number of hydrogen-bond acceptors (Lipinski definition) is 8. The van der Waals surface area contributed by atoms with Crippen molar-refractivity contribution in [2.45, 2.75) is 63.3 Å². The van der Waals surface area contributed by atoms with E-state index in [-0.39, 0.29) is 45.9 Å². The molecule has 47 heavy (non-hydrogen) atoms. The monoisotopic (exact) mass is 637 g/mol. The number of rotatable bonds is 7. The van der Waals surface area contributed by atoms with Crippen molar-refractivity contribution in [1.82, 2.24) is 20.2 Å². The molecule has 1 aromatic heterocycles. The third-order valence-electron chi connectivity index (χ3n) is 11.1. The summed E-state index contributed by atoms with van der Waals surface area (Å²) in [5.41, 5.74) is 1.20. The van der Waals surface area contributed by atoms with Gasteiger partial charge >= 0.3 is 6.01 Å². The Kier molecular flexibility index (Phi) is 6.66. The van der Waals surface area contributed by atoms with Gasteiger partial charge in [0.2, 0.25) is 0 Å². The molecule has 9 rings (SSSR count). The van der Waals surface area contributed by atoms with Gasteiger partial charge in [-0.2, -0.15) is 9.97 Å². The molecule has 242 valence electrons. The Labute approximate surface area is 272 Å². The van der Waals surface area contributed by atoms with Gasteiger partial charge < -0.3 is 24.8 Å². The highest BCUT2D eigenvalue weighted by molar-refractivity contribution is 6.04. The summed E-state index contributed by atoms with van der Waals surface area (Å²) >= 11 is 0. The van der Waals surface area contributed by atoms with Gasteiger partial charge in [0.15, 0.2) is 5.82 Å². The Hall–Kier alpha value is -4.04. The fourth-order valence-electron chi connectivity index (χ4n) is 8.47. The zero-order valence-corrected chi connectivity index (χ0v) is 26.4. The van der Waals surface area contributed by atoms with Gasteiger partial charge in [-0.1, -0.05) is 18.1 Å². The average Bonchev–Trinajstić information content (AvgIpc) is 3.32. The largest absolute Gasteiger partial charge is 0.508 e. The number of phenolic OH excluding ortho intramolecular Hbond substituents is 1. The van der Waals surface area contributed by atoms with Crippen molar-refractivity contribution in [3.8, 4) is 35.2 Å². The van der Waals surface area contributed by atoms with Crippen LogP contribution in [0.4, 0.5) is 14.6 Å². The molecule has 5 fully saturated rings. The lowest BCUT2D eigenvalue weighted by Gasteiger charge is -2.34. The highest BCUT2D eigenvalue weighted by Crippen LogP contribution is 2.48. The van der Waals surface area contributed by atoms with Crippen molar-refractivity contribution < 1.29 is 23.4 Å². The first-order chi connectivity index (χ1) is 22.8. The minimum atomic E-state index is -0.836. The maximum Gasteiger partial charge on any atom is 0.319 e. The summed E-state index contributed by atoms with van der Waals surface area (Å²) in [6.45, 7) is 6.33. The predicted octanol–water partition coefficient (Wildman–Crippen LogP) is 5.30. The fourth-order valence-corrected chi connectivity index (χ4v) is 8.47. The number of ether oxygens (including phenoxy) is 2. The topological polar surface area (TPSA) is 83.0 Å². The van der Waals surface area contributed by atoms with Crippen LogP contribution in [0.15, 0.2) is 30.3 Å². The summed E-state index contributed by atoms with van der Waals surface area (Å²) in [6.07, 6.45) is 11.5. The van der Waals surface area contributed by atoms with Gasteiger partial charge in [0, 0.05) is 71.6 Å². The number of phenols is 1. The van der Waals surface area contributed by atoms with Crippen molar-refractivity contribution in [3.05, 3.63) is 53.1 Å². The third-order valence-corrected chi connectivity index (χ3v) is 11.1. The zero-order chi connectivity index (χ0) is 32.0. The van der Waals surface area contributed by atoms with Crippen LogP contribution < -0.4 is 15.0 Å². The second-order valence-electron chi connectivity index (χ2n) is 14.4. The van der Waals surface area contributed by atoms with E-state index < -0.39 is 11.6 Å². The number of halogens is 2. The minimum Gasteiger partial charge on any atom is -0.508 e. The number of aryl methyl sites for hydroxylation is 1. The summed E-state index contributed by atoms with van der Waals surface area (Å²) < 4.78 is 45.5. The molecule has 0 radical (unpaired) electrons. The Bertz CT molecular complexity index is 1980. The molecule has 3 aromatic carbocycles. The molecule has 4 aliphatic heterocycles. The molecule has 4 saturated heterocycles. The molecule has 4 atom stereocenters. The van der Waals surface area contributed by atoms with Gasteiger partial charge in [0.25, 0.3) is 0 Å². The SMILES string of the molecule is C#Cc1c(C)ccc2cc(O)cc(-c3c(F)cc4c(N5CC6CCC(C5)N6)nc(OCC5(CN6C[C@@H]7C[C@H]6CO7)CC5)nc4c3F)c12. The Morgan fingerprint density at radius 2 is 1.94 bits per heavy atom. The van der Waals surface area contributed by atoms with Crippen LogP contribution in [0.25, 0.3) is 32.8 Å². The summed E-state index contributed by atoms with van der Waals surface area (Å²) in [4.78, 5) is 14.1. The van der Waals surface area contributed by atoms with E-state index in [4.69, 9.17) is 20.9 Å². The summed E-state index contributed by atoms with van der Waals surface area (Å²) in [5, 5.41) is 15.7. The number of benzene rings is 3. The number of nitrogens with zero attached hydrogens (tertiary/aromatic N) is 4. The van der Waals surface area contributed by atoms with Gasteiger partial charge in [-0.05, 0) is 68.2 Å². The maximum absolute atomic E-state index is 17.0. The lowest BCUT2D eigenvalue weighted by atomic mass is 9.91. The minimum absolute atomic E-state index is 0.00752. The van der Waals surface area contributed by atoms with E-state index in [9.17, 15) is 5.11 Å². The predicted molar refractivity (Wildman–Crippen MR) is 176 cm³/mol. The van der Waals surface area contributed by atoms with E-state index >= 15 is 8.78 Å². The van der Waals surface area contributed by atoms with Crippen LogP contribution >= 0.6 is 0 Å². The quantitative estimate of drug-likeness (QED) is 0.265. The maximum atomic E-state index is 17.0. The Morgan fingerprint density at radius 1 is 1.13 bits per heavy atom. The number of fused-ring (bicyclic) bond motifs is 6. The lowest BCUT2D eigenvalue weighted by Crippen LogP contribution is -2.51. The Morgan fingerprint density at radius 3 is 2.64 bits per heavy atom. The van der Waals surface area contributed by atoms with Crippen LogP contribution in [0.1, 0.15) is 43.2 Å². The first kappa shape index (κ1) is 29.1. The number of piperazine rings is 1. The normalized spacial score (nSPS) is 26.0. The molecule has 0 amide bonds. The van der Waals surface area contributed by atoms with Crippen molar-refractivity contribution in [2.75, 3.05) is 44.3 Å². The number of aromatic nitrogens is 2. The van der Waals surface area contributed by atoms with Crippen LogP contribution in [-0.2, 0) is 4.74 Å². The molecule has 8 nitrogen and oxygen atoms in total. The number of aromatic hydroxyl groups is 1. The van der Waals surface area contributed by atoms with Gasteiger partial charge in [-0.15, -0.1) is 6.42 Å². The highest BCUT2D eigenvalue weighted by Gasteiger charge is 2.49. The van der Waals surface area contributed by atoms with Crippen LogP contribution in [-0.4, -0.2) is 83.6 Å². The molecule has 1 aliphatic carbocycles. The number of terminal acetylenes is 1. The highest BCUT2D eigenvalue weighted by atomic mass is 19.1. The molecule has 2 unspecified atom stereocenters. The summed E-state index contributed by atoms with van der Waals surface area (Å²) in [6, 6.07) is 9.02.